The van der Waals surface area contributed by atoms with Crippen molar-refractivity contribution < 1.29 is 37.3 Å². The van der Waals surface area contributed by atoms with E-state index in [4.69, 9.17) is 18.5 Å². The van der Waals surface area contributed by atoms with Crippen LogP contribution in [0.3, 0.4) is 0 Å². The van der Waals surface area contributed by atoms with E-state index in [2.05, 4.69) is 13.8 Å². The van der Waals surface area contributed by atoms with Gasteiger partial charge in [-0.05, 0) is 25.3 Å². The summed E-state index contributed by atoms with van der Waals surface area (Å²) < 4.78 is 34.7. The largest absolute Gasteiger partial charge is 0.498 e. The number of esters is 1. The summed E-state index contributed by atoms with van der Waals surface area (Å²) >= 11 is 0. The number of likely N-dealkylation sites (N-methyl/N-ethyl adjacent to an activating group) is 1. The zero-order valence-corrected chi connectivity index (χ0v) is 35.3. The molecule has 51 heavy (non-hydrogen) atoms. The first-order valence-corrected chi connectivity index (χ1v) is 23.0. The van der Waals surface area contributed by atoms with E-state index >= 15 is 0 Å². The molecule has 1 unspecified atom stereocenters. The molecule has 2 atom stereocenters. The number of phosphoric acid groups is 1. The molecule has 0 fully saturated rings. The Kier molecular flexibility index (Phi) is 35.4. The van der Waals surface area contributed by atoms with Crippen LogP contribution in [0.25, 0.3) is 0 Å². The molecular formula is C42H85NO7P+. The molecule has 0 aromatic heterocycles. The maximum atomic E-state index is 12.6. The molecule has 1 N–H and O–H groups in total. The number of nitrogens with zero attached hydrogens (tertiary/aromatic N) is 1. The molecule has 0 spiro atoms. The Morgan fingerprint density at radius 3 is 1.45 bits per heavy atom. The maximum Gasteiger partial charge on any atom is 0.472 e. The SMILES string of the molecule is CCCCCCCCCCCCCCCC/C=C/OC[C@H](COP(=O)(O)OCC[N+](C)(C)C)OC(=O)CCCCCCCCCCCCCCC. The number of phosphoric ester groups is 1. The predicted octanol–water partition coefficient (Wildman–Crippen LogP) is 12.6. The number of rotatable bonds is 40. The van der Waals surface area contributed by atoms with Crippen LogP contribution in [0.5, 0.6) is 0 Å². The molecular weight excluding hydrogens is 661 g/mol. The third-order valence-electron chi connectivity index (χ3n) is 9.42. The topological polar surface area (TPSA) is 91.3 Å². The van der Waals surface area contributed by atoms with Crippen LogP contribution < -0.4 is 0 Å². The van der Waals surface area contributed by atoms with Gasteiger partial charge in [0.25, 0.3) is 0 Å². The first-order chi connectivity index (χ1) is 24.6. The van der Waals surface area contributed by atoms with E-state index < -0.39 is 13.9 Å². The van der Waals surface area contributed by atoms with Gasteiger partial charge in [-0.1, -0.05) is 174 Å². The van der Waals surface area contributed by atoms with Crippen LogP contribution >= 0.6 is 7.82 Å². The Labute approximate surface area is 316 Å². The summed E-state index contributed by atoms with van der Waals surface area (Å²) in [6.45, 7) is 4.95. The summed E-state index contributed by atoms with van der Waals surface area (Å²) in [5.74, 6) is -0.333. The Bertz CT molecular complexity index is 833. The highest BCUT2D eigenvalue weighted by atomic mass is 31.2. The Hall–Kier alpha value is -0.920. The lowest BCUT2D eigenvalue weighted by Gasteiger charge is -2.24. The third-order valence-corrected chi connectivity index (χ3v) is 10.4. The van der Waals surface area contributed by atoms with Crippen molar-refractivity contribution >= 4 is 13.8 Å². The highest BCUT2D eigenvalue weighted by Crippen LogP contribution is 2.43. The zero-order valence-electron chi connectivity index (χ0n) is 34.4. The van der Waals surface area contributed by atoms with Crippen molar-refractivity contribution in [3.05, 3.63) is 12.3 Å². The first kappa shape index (κ1) is 50.1. The van der Waals surface area contributed by atoms with Crippen LogP contribution in [0.15, 0.2) is 12.3 Å². The minimum absolute atomic E-state index is 0.0540. The average Bonchev–Trinajstić information content (AvgIpc) is 3.08. The summed E-state index contributed by atoms with van der Waals surface area (Å²) in [6.07, 6.45) is 39.0. The third kappa shape index (κ3) is 40.1. The van der Waals surface area contributed by atoms with Crippen LogP contribution in [0.1, 0.15) is 200 Å². The Balaban J connectivity index is 4.27. The fourth-order valence-corrected chi connectivity index (χ4v) is 6.79. The minimum atomic E-state index is -4.28. The number of unbranched alkanes of at least 4 members (excludes halogenated alkanes) is 26. The molecule has 0 saturated heterocycles. The second kappa shape index (κ2) is 36.1. The molecule has 0 rings (SSSR count). The van der Waals surface area contributed by atoms with Gasteiger partial charge in [-0.3, -0.25) is 13.8 Å². The lowest BCUT2D eigenvalue weighted by molar-refractivity contribution is -0.870. The molecule has 0 aromatic carbocycles. The van der Waals surface area contributed by atoms with Gasteiger partial charge in [-0.2, -0.15) is 0 Å². The summed E-state index contributed by atoms with van der Waals surface area (Å²) in [4.78, 5) is 22.8. The number of carbonyl (C=O) groups excluding carboxylic acids is 1. The Morgan fingerprint density at radius 1 is 0.608 bits per heavy atom. The van der Waals surface area contributed by atoms with Crippen molar-refractivity contribution in [1.82, 2.24) is 0 Å². The first-order valence-electron chi connectivity index (χ1n) is 21.5. The van der Waals surface area contributed by atoms with E-state index in [1.54, 1.807) is 6.26 Å². The molecule has 0 aliphatic heterocycles. The second-order valence-electron chi connectivity index (χ2n) is 15.8. The number of ether oxygens (including phenoxy) is 2. The van der Waals surface area contributed by atoms with Crippen molar-refractivity contribution in [3.8, 4) is 0 Å². The second-order valence-corrected chi connectivity index (χ2v) is 17.3. The lowest BCUT2D eigenvalue weighted by atomic mass is 10.0. The standard InChI is InChI=1S/C42H84NO7P/c1-6-8-10-12-14-16-18-20-21-22-24-26-28-30-32-34-37-47-39-41(40-49-51(45,46)48-38-36-43(3,4)5)50-42(44)35-33-31-29-27-25-23-19-17-15-13-11-9-7-2/h34,37,41H,6-33,35-36,38-40H2,1-5H3/p+1/b37-34+/t41-/m1/s1. The van der Waals surface area contributed by atoms with Gasteiger partial charge in [-0.25, -0.2) is 4.57 Å². The van der Waals surface area contributed by atoms with Gasteiger partial charge in [0.2, 0.25) is 0 Å². The number of carbonyl (C=O) groups is 1. The van der Waals surface area contributed by atoms with E-state index in [-0.39, 0.29) is 25.8 Å². The minimum Gasteiger partial charge on any atom is -0.498 e. The molecule has 0 saturated carbocycles. The van der Waals surface area contributed by atoms with Gasteiger partial charge in [-0.15, -0.1) is 0 Å². The fourth-order valence-electron chi connectivity index (χ4n) is 6.05. The zero-order chi connectivity index (χ0) is 37.7. The van der Waals surface area contributed by atoms with Crippen LogP contribution in [-0.4, -0.2) is 69.0 Å². The van der Waals surface area contributed by atoms with Gasteiger partial charge in [0.05, 0.1) is 34.0 Å². The van der Waals surface area contributed by atoms with Gasteiger partial charge in [0.1, 0.15) is 19.8 Å². The van der Waals surface area contributed by atoms with Crippen molar-refractivity contribution in [2.45, 2.75) is 206 Å². The van der Waals surface area contributed by atoms with E-state index in [0.717, 1.165) is 32.1 Å². The molecule has 0 amide bonds. The van der Waals surface area contributed by atoms with Crippen molar-refractivity contribution in [3.63, 3.8) is 0 Å². The van der Waals surface area contributed by atoms with E-state index in [9.17, 15) is 14.3 Å². The highest BCUT2D eigenvalue weighted by Gasteiger charge is 2.26. The normalized spacial score (nSPS) is 13.8. The van der Waals surface area contributed by atoms with Gasteiger partial charge < -0.3 is 18.9 Å². The molecule has 0 aromatic rings. The van der Waals surface area contributed by atoms with E-state index in [1.165, 1.54) is 148 Å². The molecule has 8 nitrogen and oxygen atoms in total. The van der Waals surface area contributed by atoms with E-state index in [1.807, 2.05) is 27.2 Å². The molecule has 0 heterocycles. The van der Waals surface area contributed by atoms with Crippen molar-refractivity contribution in [2.75, 3.05) is 47.5 Å². The quantitative estimate of drug-likeness (QED) is 0.0219. The van der Waals surface area contributed by atoms with Crippen molar-refractivity contribution in [2.24, 2.45) is 0 Å². The maximum absolute atomic E-state index is 12.6. The van der Waals surface area contributed by atoms with Crippen LogP contribution in [0.2, 0.25) is 0 Å². The molecule has 0 aliphatic carbocycles. The molecule has 0 aliphatic rings. The number of hydrogen-bond acceptors (Lipinski definition) is 6. The van der Waals surface area contributed by atoms with Crippen LogP contribution in [0.4, 0.5) is 0 Å². The summed E-state index contributed by atoms with van der Waals surface area (Å²) in [5, 5.41) is 0. The molecule has 0 bridgehead atoms. The van der Waals surface area contributed by atoms with Gasteiger partial charge in [0, 0.05) is 6.42 Å². The lowest BCUT2D eigenvalue weighted by Crippen LogP contribution is -2.37. The summed E-state index contributed by atoms with van der Waals surface area (Å²) in [6, 6.07) is 0. The summed E-state index contributed by atoms with van der Waals surface area (Å²) in [7, 11) is 1.65. The molecule has 9 heteroatoms. The average molecular weight is 747 g/mol. The van der Waals surface area contributed by atoms with E-state index in [0.29, 0.717) is 17.4 Å². The number of hydrogen-bond donors (Lipinski definition) is 1. The van der Waals surface area contributed by atoms with Gasteiger partial charge >= 0.3 is 13.8 Å². The predicted molar refractivity (Wildman–Crippen MR) is 215 cm³/mol. The Morgan fingerprint density at radius 2 is 1.02 bits per heavy atom. The monoisotopic (exact) mass is 747 g/mol. The number of quaternary nitrogens is 1. The van der Waals surface area contributed by atoms with Crippen molar-refractivity contribution in [1.29, 1.82) is 0 Å². The summed E-state index contributed by atoms with van der Waals surface area (Å²) in [5.41, 5.74) is 0. The molecule has 0 radical (unpaired) electrons. The molecule has 304 valence electrons. The highest BCUT2D eigenvalue weighted by molar-refractivity contribution is 7.47. The smallest absolute Gasteiger partial charge is 0.472 e. The van der Waals surface area contributed by atoms with Crippen LogP contribution in [0, 0.1) is 0 Å². The fraction of sp³-hybridized carbons (Fsp3) is 0.929. The van der Waals surface area contributed by atoms with Crippen LogP contribution in [-0.2, 0) is 27.9 Å². The van der Waals surface area contributed by atoms with Gasteiger partial charge in [0.15, 0.2) is 6.10 Å². The number of allylic oxidation sites excluding steroid dienone is 1.